The monoisotopic (exact) mass is 346 g/mol. The van der Waals surface area contributed by atoms with Crippen LogP contribution in [0.2, 0.25) is 0 Å². The largest absolute Gasteiger partial charge is 0.382 e. The molecule has 138 valence electrons. The number of hydrogen-bond donors (Lipinski definition) is 0. The summed E-state index contributed by atoms with van der Waals surface area (Å²) in [6.45, 7) is 5.32. The van der Waals surface area contributed by atoms with Crippen LogP contribution < -0.4 is 0 Å². The average molecular weight is 346 g/mol. The highest BCUT2D eigenvalue weighted by atomic mass is 16.5. The van der Waals surface area contributed by atoms with Gasteiger partial charge in [-0.25, -0.2) is 0 Å². The van der Waals surface area contributed by atoms with Crippen molar-refractivity contribution in [3.05, 3.63) is 35.9 Å². The first-order chi connectivity index (χ1) is 12.3. The van der Waals surface area contributed by atoms with Crippen molar-refractivity contribution in [1.29, 1.82) is 0 Å². The summed E-state index contributed by atoms with van der Waals surface area (Å²) < 4.78 is 10.6. The molecule has 2 saturated heterocycles. The van der Waals surface area contributed by atoms with E-state index in [9.17, 15) is 4.79 Å². The van der Waals surface area contributed by atoms with E-state index in [1.165, 1.54) is 5.56 Å². The van der Waals surface area contributed by atoms with Gasteiger partial charge in [-0.3, -0.25) is 9.69 Å². The number of benzene rings is 1. The van der Waals surface area contributed by atoms with Gasteiger partial charge in [0.1, 0.15) is 5.54 Å². The van der Waals surface area contributed by atoms with Crippen molar-refractivity contribution in [3.8, 4) is 0 Å². The van der Waals surface area contributed by atoms with Gasteiger partial charge in [-0.1, -0.05) is 30.3 Å². The van der Waals surface area contributed by atoms with E-state index in [1.807, 2.05) is 18.2 Å². The summed E-state index contributed by atoms with van der Waals surface area (Å²) in [4.78, 5) is 17.8. The fourth-order valence-electron chi connectivity index (χ4n) is 4.22. The molecule has 0 N–H and O–H groups in total. The number of amides is 1. The standard InChI is InChI=1S/C20H30N2O3/c1-24-15-16-25-14-13-22-12-6-10-20(22)9-5-11-21(19(20)23)17-18-7-3-2-4-8-18/h2-4,7-8H,5-6,9-17H2,1H3. The van der Waals surface area contributed by atoms with Gasteiger partial charge in [0.05, 0.1) is 19.8 Å². The lowest BCUT2D eigenvalue weighted by Crippen LogP contribution is -2.60. The maximum absolute atomic E-state index is 13.3. The Morgan fingerprint density at radius 3 is 2.56 bits per heavy atom. The van der Waals surface area contributed by atoms with E-state index in [2.05, 4.69) is 21.9 Å². The third kappa shape index (κ3) is 4.22. The molecule has 2 heterocycles. The van der Waals surface area contributed by atoms with Gasteiger partial charge in [0.25, 0.3) is 0 Å². The van der Waals surface area contributed by atoms with Crippen molar-refractivity contribution in [1.82, 2.24) is 9.80 Å². The molecular weight excluding hydrogens is 316 g/mol. The van der Waals surface area contributed by atoms with Crippen LogP contribution in [0.3, 0.4) is 0 Å². The van der Waals surface area contributed by atoms with Crippen molar-refractivity contribution >= 4 is 5.91 Å². The topological polar surface area (TPSA) is 42.0 Å². The van der Waals surface area contributed by atoms with Crippen LogP contribution in [0.1, 0.15) is 31.2 Å². The van der Waals surface area contributed by atoms with Crippen molar-refractivity contribution in [2.75, 3.05) is 46.6 Å². The number of carbonyl (C=O) groups excluding carboxylic acids is 1. The third-order valence-electron chi connectivity index (χ3n) is 5.48. The van der Waals surface area contributed by atoms with E-state index in [-0.39, 0.29) is 5.54 Å². The van der Waals surface area contributed by atoms with Crippen molar-refractivity contribution in [3.63, 3.8) is 0 Å². The molecule has 3 rings (SSSR count). The summed E-state index contributed by atoms with van der Waals surface area (Å²) in [6.07, 6.45) is 4.15. The van der Waals surface area contributed by atoms with E-state index in [4.69, 9.17) is 9.47 Å². The zero-order chi connectivity index (χ0) is 17.5. The van der Waals surface area contributed by atoms with Crippen LogP contribution in [-0.4, -0.2) is 67.8 Å². The Bertz CT molecular complexity index is 551. The van der Waals surface area contributed by atoms with Crippen LogP contribution in [0.15, 0.2) is 30.3 Å². The van der Waals surface area contributed by atoms with E-state index < -0.39 is 0 Å². The van der Waals surface area contributed by atoms with Crippen molar-refractivity contribution in [2.45, 2.75) is 37.8 Å². The van der Waals surface area contributed by atoms with Gasteiger partial charge in [-0.05, 0) is 37.8 Å². The van der Waals surface area contributed by atoms with E-state index in [0.29, 0.717) is 25.7 Å². The van der Waals surface area contributed by atoms with Crippen LogP contribution >= 0.6 is 0 Å². The van der Waals surface area contributed by atoms with E-state index >= 15 is 0 Å². The molecule has 2 fully saturated rings. The molecule has 5 nitrogen and oxygen atoms in total. The lowest BCUT2D eigenvalue weighted by Gasteiger charge is -2.44. The smallest absolute Gasteiger partial charge is 0.243 e. The second kappa shape index (κ2) is 8.79. The molecule has 2 aliphatic rings. The molecule has 0 saturated carbocycles. The van der Waals surface area contributed by atoms with E-state index in [1.54, 1.807) is 7.11 Å². The molecular formula is C20H30N2O3. The van der Waals surface area contributed by atoms with Gasteiger partial charge >= 0.3 is 0 Å². The molecule has 25 heavy (non-hydrogen) atoms. The Kier molecular flexibility index (Phi) is 6.45. The fraction of sp³-hybridized carbons (Fsp3) is 0.650. The van der Waals surface area contributed by atoms with Gasteiger partial charge in [-0.2, -0.15) is 0 Å². The zero-order valence-electron chi connectivity index (χ0n) is 15.3. The minimum atomic E-state index is -0.294. The average Bonchev–Trinajstić information content (AvgIpc) is 3.03. The van der Waals surface area contributed by atoms with Crippen LogP contribution in [0.4, 0.5) is 0 Å². The molecule has 0 bridgehead atoms. The number of hydrogen-bond acceptors (Lipinski definition) is 4. The van der Waals surface area contributed by atoms with Crippen LogP contribution in [-0.2, 0) is 20.8 Å². The normalized spacial score (nSPS) is 24.4. The van der Waals surface area contributed by atoms with Gasteiger partial charge < -0.3 is 14.4 Å². The maximum atomic E-state index is 13.3. The number of carbonyl (C=O) groups is 1. The predicted octanol–water partition coefficient (Wildman–Crippen LogP) is 2.31. The van der Waals surface area contributed by atoms with Crippen molar-refractivity contribution in [2.24, 2.45) is 0 Å². The molecule has 2 aliphatic heterocycles. The number of nitrogens with zero attached hydrogens (tertiary/aromatic N) is 2. The van der Waals surface area contributed by atoms with Gasteiger partial charge in [0.2, 0.25) is 5.91 Å². The van der Waals surface area contributed by atoms with Crippen LogP contribution in [0.5, 0.6) is 0 Å². The van der Waals surface area contributed by atoms with Gasteiger partial charge in [0, 0.05) is 26.7 Å². The summed E-state index contributed by atoms with van der Waals surface area (Å²) in [6, 6.07) is 10.3. The summed E-state index contributed by atoms with van der Waals surface area (Å²) in [7, 11) is 1.68. The number of methoxy groups -OCH3 is 1. The molecule has 0 radical (unpaired) electrons. The number of likely N-dealkylation sites (tertiary alicyclic amines) is 2. The Morgan fingerprint density at radius 1 is 1.04 bits per heavy atom. The molecule has 1 spiro atoms. The lowest BCUT2D eigenvalue weighted by atomic mass is 9.85. The third-order valence-corrected chi connectivity index (χ3v) is 5.48. The lowest BCUT2D eigenvalue weighted by molar-refractivity contribution is -0.148. The van der Waals surface area contributed by atoms with Gasteiger partial charge in [0.15, 0.2) is 0 Å². The Hall–Kier alpha value is -1.43. The molecule has 1 atom stereocenters. The highest BCUT2D eigenvalue weighted by Crippen LogP contribution is 2.38. The van der Waals surface area contributed by atoms with E-state index in [0.717, 1.165) is 51.9 Å². The summed E-state index contributed by atoms with van der Waals surface area (Å²) in [5.41, 5.74) is 0.915. The minimum absolute atomic E-state index is 0.294. The molecule has 0 aliphatic carbocycles. The summed E-state index contributed by atoms with van der Waals surface area (Å²) in [5.74, 6) is 0.317. The highest BCUT2D eigenvalue weighted by Gasteiger charge is 2.50. The fourth-order valence-corrected chi connectivity index (χ4v) is 4.22. The summed E-state index contributed by atoms with van der Waals surface area (Å²) in [5, 5.41) is 0. The van der Waals surface area contributed by atoms with Crippen molar-refractivity contribution < 1.29 is 14.3 Å². The summed E-state index contributed by atoms with van der Waals surface area (Å²) >= 11 is 0. The second-order valence-corrected chi connectivity index (χ2v) is 7.04. The first-order valence-electron chi connectivity index (χ1n) is 9.41. The second-order valence-electron chi connectivity index (χ2n) is 7.04. The molecule has 1 aromatic rings. The molecule has 1 amide bonds. The van der Waals surface area contributed by atoms with Crippen LogP contribution in [0.25, 0.3) is 0 Å². The Balaban J connectivity index is 1.61. The molecule has 1 unspecified atom stereocenters. The quantitative estimate of drug-likeness (QED) is 0.678. The maximum Gasteiger partial charge on any atom is 0.243 e. The first kappa shape index (κ1) is 18.4. The van der Waals surface area contributed by atoms with Crippen LogP contribution in [0, 0.1) is 0 Å². The predicted molar refractivity (Wildman–Crippen MR) is 97.3 cm³/mol. The molecule has 1 aromatic carbocycles. The Morgan fingerprint density at radius 2 is 1.80 bits per heavy atom. The molecule has 0 aromatic heterocycles. The first-order valence-corrected chi connectivity index (χ1v) is 9.41. The van der Waals surface area contributed by atoms with Gasteiger partial charge in [-0.15, -0.1) is 0 Å². The zero-order valence-corrected chi connectivity index (χ0v) is 15.3. The minimum Gasteiger partial charge on any atom is -0.382 e. The highest BCUT2D eigenvalue weighted by molar-refractivity contribution is 5.87. The number of ether oxygens (including phenoxy) is 2. The molecule has 5 heteroatoms. The Labute approximate surface area is 150 Å². The SMILES string of the molecule is COCCOCCN1CCCC12CCCN(Cc1ccccc1)C2=O. The number of rotatable bonds is 8. The number of piperidine rings is 1.